The molecule has 0 spiro atoms. The number of likely N-dealkylation sites (tertiary alicyclic amines) is 1. The van der Waals surface area contributed by atoms with Gasteiger partial charge in [-0.15, -0.1) is 0 Å². The van der Waals surface area contributed by atoms with Crippen molar-refractivity contribution in [3.05, 3.63) is 30.4 Å². The number of carbonyl (C=O) groups is 1. The van der Waals surface area contributed by atoms with Crippen LogP contribution in [0.2, 0.25) is 0 Å². The van der Waals surface area contributed by atoms with Gasteiger partial charge in [-0.1, -0.05) is 5.16 Å². The molecular weight excluding hydrogens is 282 g/mol. The van der Waals surface area contributed by atoms with Crippen molar-refractivity contribution in [1.82, 2.24) is 24.9 Å². The smallest absolute Gasteiger partial charge is 0.241 e. The van der Waals surface area contributed by atoms with Crippen molar-refractivity contribution >= 4 is 5.91 Å². The summed E-state index contributed by atoms with van der Waals surface area (Å²) in [6, 6.07) is 3.62. The number of amides is 1. The zero-order chi connectivity index (χ0) is 15.5. The number of likely N-dealkylation sites (N-methyl/N-ethyl adjacent to an activating group) is 1. The Bertz CT molecular complexity index is 640. The van der Waals surface area contributed by atoms with E-state index in [0.29, 0.717) is 18.3 Å². The van der Waals surface area contributed by atoms with Crippen LogP contribution in [0, 0.1) is 0 Å². The Balaban J connectivity index is 1.71. The first kappa shape index (κ1) is 14.6. The molecular formula is C15H19N5O2. The number of hydrogen-bond donors (Lipinski definition) is 0. The Hall–Kier alpha value is -2.28. The standard InChI is InChI=1S/C15H19N5O2/c1-19(2)15(21)12-6-4-8-20(12)10-13-17-14(18-22-13)11-5-3-7-16-9-11/h3,5,7,9,12H,4,6,8,10H2,1-2H3. The predicted octanol–water partition coefficient (Wildman–Crippen LogP) is 1.18. The third-order valence-electron chi connectivity index (χ3n) is 3.82. The summed E-state index contributed by atoms with van der Waals surface area (Å²) in [6.07, 6.45) is 5.28. The van der Waals surface area contributed by atoms with Gasteiger partial charge in [-0.05, 0) is 31.5 Å². The summed E-state index contributed by atoms with van der Waals surface area (Å²) in [5, 5.41) is 3.99. The van der Waals surface area contributed by atoms with Gasteiger partial charge in [0.2, 0.25) is 17.6 Å². The highest BCUT2D eigenvalue weighted by Crippen LogP contribution is 2.22. The van der Waals surface area contributed by atoms with Gasteiger partial charge in [0.1, 0.15) is 0 Å². The molecule has 7 heteroatoms. The maximum atomic E-state index is 12.2. The van der Waals surface area contributed by atoms with Crippen LogP contribution in [0.1, 0.15) is 18.7 Å². The molecule has 0 aromatic carbocycles. The molecule has 3 rings (SSSR count). The molecule has 3 heterocycles. The van der Waals surface area contributed by atoms with Crippen LogP contribution in [-0.4, -0.2) is 57.5 Å². The van der Waals surface area contributed by atoms with E-state index >= 15 is 0 Å². The quantitative estimate of drug-likeness (QED) is 0.844. The maximum Gasteiger partial charge on any atom is 0.241 e. The minimum Gasteiger partial charge on any atom is -0.347 e. The zero-order valence-electron chi connectivity index (χ0n) is 12.8. The van der Waals surface area contributed by atoms with Gasteiger partial charge >= 0.3 is 0 Å². The molecule has 0 radical (unpaired) electrons. The molecule has 7 nitrogen and oxygen atoms in total. The number of pyridine rings is 1. The summed E-state index contributed by atoms with van der Waals surface area (Å²) in [4.78, 5) is 24.4. The van der Waals surface area contributed by atoms with Crippen molar-refractivity contribution in [2.24, 2.45) is 0 Å². The molecule has 116 valence electrons. The van der Waals surface area contributed by atoms with Gasteiger partial charge in [0.15, 0.2) is 0 Å². The number of aromatic nitrogens is 3. The van der Waals surface area contributed by atoms with E-state index in [-0.39, 0.29) is 11.9 Å². The van der Waals surface area contributed by atoms with Crippen LogP contribution < -0.4 is 0 Å². The summed E-state index contributed by atoms with van der Waals surface area (Å²) in [5.74, 6) is 1.18. The second-order valence-corrected chi connectivity index (χ2v) is 5.61. The van der Waals surface area contributed by atoms with E-state index in [4.69, 9.17) is 4.52 Å². The fourth-order valence-electron chi connectivity index (χ4n) is 2.70. The fourth-order valence-corrected chi connectivity index (χ4v) is 2.70. The van der Waals surface area contributed by atoms with Gasteiger partial charge in [0.25, 0.3) is 0 Å². The Morgan fingerprint density at radius 1 is 1.50 bits per heavy atom. The summed E-state index contributed by atoms with van der Waals surface area (Å²) in [5.41, 5.74) is 0.819. The van der Waals surface area contributed by atoms with E-state index in [9.17, 15) is 4.79 Å². The molecule has 1 atom stereocenters. The van der Waals surface area contributed by atoms with E-state index < -0.39 is 0 Å². The molecule has 1 aliphatic rings. The molecule has 1 unspecified atom stereocenters. The van der Waals surface area contributed by atoms with Gasteiger partial charge in [0.05, 0.1) is 12.6 Å². The van der Waals surface area contributed by atoms with Crippen molar-refractivity contribution in [1.29, 1.82) is 0 Å². The molecule has 22 heavy (non-hydrogen) atoms. The molecule has 0 saturated carbocycles. The monoisotopic (exact) mass is 301 g/mol. The van der Waals surface area contributed by atoms with Gasteiger partial charge in [-0.2, -0.15) is 4.98 Å². The van der Waals surface area contributed by atoms with Crippen LogP contribution >= 0.6 is 0 Å². The van der Waals surface area contributed by atoms with Crippen LogP contribution in [0.5, 0.6) is 0 Å². The topological polar surface area (TPSA) is 75.4 Å². The SMILES string of the molecule is CN(C)C(=O)C1CCCN1Cc1nc(-c2cccnc2)no1. The molecule has 2 aromatic heterocycles. The van der Waals surface area contributed by atoms with Crippen molar-refractivity contribution in [3.63, 3.8) is 0 Å². The third kappa shape index (κ3) is 2.99. The average Bonchev–Trinajstić information content (AvgIpc) is 3.17. The highest BCUT2D eigenvalue weighted by molar-refractivity contribution is 5.81. The molecule has 1 fully saturated rings. The van der Waals surface area contributed by atoms with Crippen LogP contribution in [0.15, 0.2) is 29.0 Å². The van der Waals surface area contributed by atoms with Gasteiger partial charge in [0, 0.05) is 32.1 Å². The number of carbonyl (C=O) groups excluding carboxylic acids is 1. The van der Waals surface area contributed by atoms with Gasteiger partial charge in [-0.25, -0.2) is 0 Å². The van der Waals surface area contributed by atoms with Crippen molar-refractivity contribution in [2.75, 3.05) is 20.6 Å². The predicted molar refractivity (Wildman–Crippen MR) is 79.7 cm³/mol. The number of hydrogen-bond acceptors (Lipinski definition) is 6. The van der Waals surface area contributed by atoms with Gasteiger partial charge < -0.3 is 9.42 Å². The van der Waals surface area contributed by atoms with E-state index in [0.717, 1.165) is 24.9 Å². The van der Waals surface area contributed by atoms with E-state index in [1.807, 2.05) is 12.1 Å². The fraction of sp³-hybridized carbons (Fsp3) is 0.467. The Morgan fingerprint density at radius 3 is 3.09 bits per heavy atom. The second kappa shape index (κ2) is 6.23. The largest absolute Gasteiger partial charge is 0.347 e. The van der Waals surface area contributed by atoms with Crippen LogP contribution in [0.4, 0.5) is 0 Å². The first-order valence-corrected chi connectivity index (χ1v) is 7.33. The minimum atomic E-state index is -0.0938. The lowest BCUT2D eigenvalue weighted by Crippen LogP contribution is -2.42. The molecule has 0 bridgehead atoms. The molecule has 0 N–H and O–H groups in total. The first-order valence-electron chi connectivity index (χ1n) is 7.33. The Kier molecular flexibility index (Phi) is 4.15. The third-order valence-corrected chi connectivity index (χ3v) is 3.82. The average molecular weight is 301 g/mol. The molecule has 2 aromatic rings. The molecule has 1 amide bonds. The zero-order valence-corrected chi connectivity index (χ0v) is 12.8. The minimum absolute atomic E-state index is 0.0938. The van der Waals surface area contributed by atoms with Crippen molar-refractivity contribution in [3.8, 4) is 11.4 Å². The second-order valence-electron chi connectivity index (χ2n) is 5.61. The molecule has 1 aliphatic heterocycles. The van der Waals surface area contributed by atoms with Crippen LogP contribution in [0.25, 0.3) is 11.4 Å². The normalized spacial score (nSPS) is 18.5. The Morgan fingerprint density at radius 2 is 2.36 bits per heavy atom. The number of nitrogens with zero attached hydrogens (tertiary/aromatic N) is 5. The summed E-state index contributed by atoms with van der Waals surface area (Å²) in [7, 11) is 3.57. The summed E-state index contributed by atoms with van der Waals surface area (Å²) >= 11 is 0. The summed E-state index contributed by atoms with van der Waals surface area (Å²) < 4.78 is 5.31. The first-order chi connectivity index (χ1) is 10.6. The lowest BCUT2D eigenvalue weighted by atomic mass is 10.2. The van der Waals surface area contributed by atoms with E-state index in [1.54, 1.807) is 31.4 Å². The lowest BCUT2D eigenvalue weighted by Gasteiger charge is -2.24. The van der Waals surface area contributed by atoms with Crippen molar-refractivity contribution in [2.45, 2.75) is 25.4 Å². The van der Waals surface area contributed by atoms with Crippen LogP contribution in [0.3, 0.4) is 0 Å². The Labute approximate surface area is 128 Å². The maximum absolute atomic E-state index is 12.2. The molecule has 0 aliphatic carbocycles. The van der Waals surface area contributed by atoms with Crippen molar-refractivity contribution < 1.29 is 9.32 Å². The van der Waals surface area contributed by atoms with E-state index in [2.05, 4.69) is 20.0 Å². The van der Waals surface area contributed by atoms with E-state index in [1.165, 1.54) is 0 Å². The van der Waals surface area contributed by atoms with Crippen LogP contribution in [-0.2, 0) is 11.3 Å². The number of rotatable bonds is 4. The highest BCUT2D eigenvalue weighted by atomic mass is 16.5. The highest BCUT2D eigenvalue weighted by Gasteiger charge is 2.32. The lowest BCUT2D eigenvalue weighted by molar-refractivity contribution is -0.133. The molecule has 1 saturated heterocycles. The van der Waals surface area contributed by atoms with Gasteiger partial charge in [-0.3, -0.25) is 14.7 Å². The summed E-state index contributed by atoms with van der Waals surface area (Å²) in [6.45, 7) is 1.37.